The molecule has 0 bridgehead atoms. The fourth-order valence-electron chi connectivity index (χ4n) is 1.99. The van der Waals surface area contributed by atoms with Crippen LogP contribution < -0.4 is 0 Å². The van der Waals surface area contributed by atoms with Crippen molar-refractivity contribution in [2.45, 2.75) is 13.3 Å². The summed E-state index contributed by atoms with van der Waals surface area (Å²) in [4.78, 5) is 16.5. The first-order chi connectivity index (χ1) is 9.22. The molecule has 0 fully saturated rings. The van der Waals surface area contributed by atoms with Crippen molar-refractivity contribution >= 4 is 27.3 Å². The molecule has 2 heterocycles. The third kappa shape index (κ3) is 2.56. The standard InChI is InChI=1S/C16H13NOS/c1-11-2-4-12(5-3-11)8-15(18)13-9-16-14(17-10-13)6-7-19-16/h2-7,9-10H,8H2,1H3. The molecule has 0 spiro atoms. The fourth-order valence-corrected chi connectivity index (χ4v) is 2.77. The summed E-state index contributed by atoms with van der Waals surface area (Å²) in [6, 6.07) is 12.0. The van der Waals surface area contributed by atoms with Crippen LogP contribution in [0.4, 0.5) is 0 Å². The summed E-state index contributed by atoms with van der Waals surface area (Å²) >= 11 is 1.61. The van der Waals surface area contributed by atoms with Crippen molar-refractivity contribution in [3.63, 3.8) is 0 Å². The predicted octanol–water partition coefficient (Wildman–Crippen LogP) is 4.03. The second kappa shape index (κ2) is 4.94. The molecule has 0 N–H and O–H groups in total. The van der Waals surface area contributed by atoms with E-state index in [0.29, 0.717) is 12.0 Å². The molecule has 19 heavy (non-hydrogen) atoms. The van der Waals surface area contributed by atoms with E-state index in [0.717, 1.165) is 15.8 Å². The molecule has 0 aliphatic rings. The van der Waals surface area contributed by atoms with Crippen LogP contribution in [0.25, 0.3) is 10.2 Å². The van der Waals surface area contributed by atoms with Gasteiger partial charge in [0, 0.05) is 18.2 Å². The maximum atomic E-state index is 12.2. The number of thiophene rings is 1. The molecular formula is C16H13NOS. The summed E-state index contributed by atoms with van der Waals surface area (Å²) < 4.78 is 1.06. The van der Waals surface area contributed by atoms with Crippen LogP contribution in [-0.2, 0) is 6.42 Å². The summed E-state index contributed by atoms with van der Waals surface area (Å²) in [6.07, 6.45) is 2.10. The van der Waals surface area contributed by atoms with Gasteiger partial charge in [0.05, 0.1) is 10.2 Å². The highest BCUT2D eigenvalue weighted by Gasteiger charge is 2.09. The Balaban J connectivity index is 1.84. The first-order valence-electron chi connectivity index (χ1n) is 6.14. The summed E-state index contributed by atoms with van der Waals surface area (Å²) in [5.41, 5.74) is 3.90. The number of carbonyl (C=O) groups excluding carboxylic acids is 1. The molecule has 0 aliphatic carbocycles. The Bertz CT molecular complexity index is 728. The van der Waals surface area contributed by atoms with E-state index in [-0.39, 0.29) is 5.78 Å². The monoisotopic (exact) mass is 267 g/mol. The van der Waals surface area contributed by atoms with Crippen molar-refractivity contribution in [3.05, 3.63) is 64.7 Å². The molecule has 2 aromatic heterocycles. The zero-order chi connectivity index (χ0) is 13.2. The molecule has 2 nitrogen and oxygen atoms in total. The van der Waals surface area contributed by atoms with E-state index in [1.54, 1.807) is 17.5 Å². The minimum absolute atomic E-state index is 0.117. The molecule has 3 rings (SSSR count). The number of hydrogen-bond donors (Lipinski definition) is 0. The van der Waals surface area contributed by atoms with Gasteiger partial charge < -0.3 is 0 Å². The quantitative estimate of drug-likeness (QED) is 0.671. The molecule has 0 amide bonds. The third-order valence-corrected chi connectivity index (χ3v) is 3.96. The topological polar surface area (TPSA) is 30.0 Å². The first kappa shape index (κ1) is 12.1. The lowest BCUT2D eigenvalue weighted by atomic mass is 10.0. The molecule has 3 aromatic rings. The van der Waals surface area contributed by atoms with Gasteiger partial charge in [0.25, 0.3) is 0 Å². The number of nitrogens with zero attached hydrogens (tertiary/aromatic N) is 1. The van der Waals surface area contributed by atoms with Crippen LogP contribution >= 0.6 is 11.3 Å². The maximum absolute atomic E-state index is 12.2. The van der Waals surface area contributed by atoms with Gasteiger partial charge in [-0.2, -0.15) is 0 Å². The number of Topliss-reactive ketones (excluding diaryl/α,β-unsaturated/α-hetero) is 1. The number of ketones is 1. The molecule has 0 unspecified atom stereocenters. The van der Waals surface area contributed by atoms with E-state index in [1.165, 1.54) is 5.56 Å². The zero-order valence-corrected chi connectivity index (χ0v) is 11.4. The van der Waals surface area contributed by atoms with E-state index in [1.807, 2.05) is 48.7 Å². The average molecular weight is 267 g/mol. The third-order valence-electron chi connectivity index (χ3n) is 3.11. The van der Waals surface area contributed by atoms with Crippen molar-refractivity contribution in [1.82, 2.24) is 4.98 Å². The maximum Gasteiger partial charge on any atom is 0.168 e. The average Bonchev–Trinajstić information content (AvgIpc) is 2.88. The van der Waals surface area contributed by atoms with Crippen LogP contribution in [0.3, 0.4) is 0 Å². The van der Waals surface area contributed by atoms with E-state index < -0.39 is 0 Å². The summed E-state index contributed by atoms with van der Waals surface area (Å²) in [5, 5.41) is 1.99. The highest BCUT2D eigenvalue weighted by molar-refractivity contribution is 7.17. The SMILES string of the molecule is Cc1ccc(CC(=O)c2cnc3ccsc3c2)cc1. The Morgan fingerprint density at radius 2 is 2.00 bits per heavy atom. The molecule has 3 heteroatoms. The fraction of sp³-hybridized carbons (Fsp3) is 0.125. The number of carbonyl (C=O) groups is 1. The van der Waals surface area contributed by atoms with Gasteiger partial charge in [0.1, 0.15) is 0 Å². The highest BCUT2D eigenvalue weighted by atomic mass is 32.1. The van der Waals surface area contributed by atoms with Crippen molar-refractivity contribution < 1.29 is 4.79 Å². The van der Waals surface area contributed by atoms with Gasteiger partial charge >= 0.3 is 0 Å². The molecule has 0 radical (unpaired) electrons. The minimum atomic E-state index is 0.117. The van der Waals surface area contributed by atoms with Crippen molar-refractivity contribution in [2.75, 3.05) is 0 Å². The Morgan fingerprint density at radius 1 is 1.21 bits per heavy atom. The number of hydrogen-bond acceptors (Lipinski definition) is 3. The number of aryl methyl sites for hydroxylation is 1. The second-order valence-corrected chi connectivity index (χ2v) is 5.56. The highest BCUT2D eigenvalue weighted by Crippen LogP contribution is 2.20. The zero-order valence-electron chi connectivity index (χ0n) is 10.6. The van der Waals surface area contributed by atoms with Gasteiger partial charge in [-0.1, -0.05) is 29.8 Å². The van der Waals surface area contributed by atoms with E-state index >= 15 is 0 Å². The number of rotatable bonds is 3. The van der Waals surface area contributed by atoms with Crippen molar-refractivity contribution in [1.29, 1.82) is 0 Å². The Morgan fingerprint density at radius 3 is 2.79 bits per heavy atom. The predicted molar refractivity (Wildman–Crippen MR) is 78.8 cm³/mol. The number of benzene rings is 1. The van der Waals surface area contributed by atoms with Crippen LogP contribution in [0.5, 0.6) is 0 Å². The Labute approximate surface area is 115 Å². The van der Waals surface area contributed by atoms with Gasteiger partial charge in [-0.05, 0) is 30.0 Å². The van der Waals surface area contributed by atoms with Gasteiger partial charge in [-0.15, -0.1) is 11.3 Å². The summed E-state index contributed by atoms with van der Waals surface area (Å²) in [6.45, 7) is 2.04. The normalized spacial score (nSPS) is 10.8. The van der Waals surface area contributed by atoms with Gasteiger partial charge in [-0.25, -0.2) is 0 Å². The van der Waals surface area contributed by atoms with Crippen LogP contribution in [-0.4, -0.2) is 10.8 Å². The second-order valence-electron chi connectivity index (χ2n) is 4.61. The van der Waals surface area contributed by atoms with Gasteiger partial charge in [-0.3, -0.25) is 9.78 Å². The summed E-state index contributed by atoms with van der Waals surface area (Å²) in [7, 11) is 0. The van der Waals surface area contributed by atoms with Crippen LogP contribution in [0.15, 0.2) is 48.0 Å². The van der Waals surface area contributed by atoms with Crippen LogP contribution in [0.1, 0.15) is 21.5 Å². The lowest BCUT2D eigenvalue weighted by molar-refractivity contribution is 0.0993. The molecule has 0 saturated carbocycles. The first-order valence-corrected chi connectivity index (χ1v) is 7.02. The number of fused-ring (bicyclic) bond motifs is 1. The van der Waals surface area contributed by atoms with E-state index in [4.69, 9.17) is 0 Å². The molecule has 0 aliphatic heterocycles. The van der Waals surface area contributed by atoms with Crippen LogP contribution in [0, 0.1) is 6.92 Å². The molecular weight excluding hydrogens is 254 g/mol. The largest absolute Gasteiger partial charge is 0.294 e. The lowest BCUT2D eigenvalue weighted by Gasteiger charge is -2.02. The van der Waals surface area contributed by atoms with Crippen molar-refractivity contribution in [3.8, 4) is 0 Å². The van der Waals surface area contributed by atoms with E-state index in [2.05, 4.69) is 4.98 Å². The van der Waals surface area contributed by atoms with Crippen molar-refractivity contribution in [2.24, 2.45) is 0 Å². The molecule has 0 saturated heterocycles. The molecule has 1 aromatic carbocycles. The Hall–Kier alpha value is -2.00. The smallest absolute Gasteiger partial charge is 0.168 e. The van der Waals surface area contributed by atoms with E-state index in [9.17, 15) is 4.79 Å². The molecule has 0 atom stereocenters. The number of pyridine rings is 1. The summed E-state index contributed by atoms with van der Waals surface area (Å²) in [5.74, 6) is 0.117. The lowest BCUT2D eigenvalue weighted by Crippen LogP contribution is -2.03. The number of aromatic nitrogens is 1. The van der Waals surface area contributed by atoms with Crippen LogP contribution in [0.2, 0.25) is 0 Å². The van der Waals surface area contributed by atoms with Gasteiger partial charge in [0.15, 0.2) is 5.78 Å². The van der Waals surface area contributed by atoms with Gasteiger partial charge in [0.2, 0.25) is 0 Å². The Kier molecular flexibility index (Phi) is 3.13. The minimum Gasteiger partial charge on any atom is -0.294 e. The molecule has 94 valence electrons.